The summed E-state index contributed by atoms with van der Waals surface area (Å²) in [5.74, 6) is 4.15. The Bertz CT molecular complexity index is 830. The molecule has 6 nitrogen and oxygen atoms in total. The third-order valence-corrected chi connectivity index (χ3v) is 4.40. The van der Waals surface area contributed by atoms with E-state index in [1.54, 1.807) is 30.3 Å². The van der Waals surface area contributed by atoms with Crippen LogP contribution in [0.3, 0.4) is 0 Å². The van der Waals surface area contributed by atoms with E-state index >= 15 is 0 Å². The summed E-state index contributed by atoms with van der Waals surface area (Å²) in [6.45, 7) is 5.98. The number of anilines is 1. The van der Waals surface area contributed by atoms with Gasteiger partial charge in [0.2, 0.25) is 0 Å². The summed E-state index contributed by atoms with van der Waals surface area (Å²) in [6.07, 6.45) is 1.56. The van der Waals surface area contributed by atoms with E-state index < -0.39 is 11.8 Å². The molecule has 0 aromatic heterocycles. The molecule has 2 amide bonds. The van der Waals surface area contributed by atoms with E-state index in [-0.39, 0.29) is 11.3 Å². The van der Waals surface area contributed by atoms with Crippen molar-refractivity contribution >= 4 is 35.2 Å². The van der Waals surface area contributed by atoms with Gasteiger partial charge in [-0.25, -0.2) is 5.84 Å². The molecule has 0 aliphatic rings. The molecule has 2 aromatic carbocycles. The molecule has 7 heteroatoms. The van der Waals surface area contributed by atoms with Crippen LogP contribution in [-0.2, 0) is 4.79 Å². The lowest BCUT2D eigenvalue weighted by Gasteiger charge is -2.21. The van der Waals surface area contributed by atoms with Gasteiger partial charge in [-0.3, -0.25) is 15.0 Å². The molecule has 0 aliphatic carbocycles. The number of carbonyl (C=O) groups excluding carboxylic acids is 2. The number of hydrogen-bond acceptors (Lipinski definition) is 4. The minimum atomic E-state index is -0.608. The zero-order chi connectivity index (χ0) is 19.8. The lowest BCUT2D eigenvalue weighted by molar-refractivity contribution is -0.117. The SMILES string of the molecule is CCN(CC)c1ccc(/C=C(/NC(=O)c2ccccc2Cl)C(=O)NN)cc1. The molecule has 2 rings (SSSR count). The second-order valence-electron chi connectivity index (χ2n) is 5.73. The Hall–Kier alpha value is -2.83. The van der Waals surface area contributed by atoms with Gasteiger partial charge in [-0.1, -0.05) is 35.9 Å². The summed E-state index contributed by atoms with van der Waals surface area (Å²) in [7, 11) is 0. The lowest BCUT2D eigenvalue weighted by atomic mass is 10.1. The van der Waals surface area contributed by atoms with Crippen molar-refractivity contribution in [3.63, 3.8) is 0 Å². The van der Waals surface area contributed by atoms with Crippen molar-refractivity contribution in [2.24, 2.45) is 5.84 Å². The highest BCUT2D eigenvalue weighted by atomic mass is 35.5. The first-order chi connectivity index (χ1) is 13.0. The first kappa shape index (κ1) is 20.5. The predicted octanol–water partition coefficient (Wildman–Crippen LogP) is 2.95. The number of halogens is 1. The molecule has 142 valence electrons. The molecule has 0 unspecified atom stereocenters. The van der Waals surface area contributed by atoms with E-state index in [9.17, 15) is 9.59 Å². The van der Waals surface area contributed by atoms with Crippen molar-refractivity contribution < 1.29 is 9.59 Å². The highest BCUT2D eigenvalue weighted by Gasteiger charge is 2.15. The molecule has 0 atom stereocenters. The van der Waals surface area contributed by atoms with Crippen LogP contribution in [0.4, 0.5) is 5.69 Å². The molecule has 0 spiro atoms. The van der Waals surface area contributed by atoms with E-state index in [0.717, 1.165) is 24.3 Å². The molecule has 0 aliphatic heterocycles. The number of carbonyl (C=O) groups is 2. The van der Waals surface area contributed by atoms with Crippen LogP contribution >= 0.6 is 11.6 Å². The van der Waals surface area contributed by atoms with Crippen LogP contribution in [0.25, 0.3) is 6.08 Å². The molecule has 4 N–H and O–H groups in total. The highest BCUT2D eigenvalue weighted by molar-refractivity contribution is 6.34. The van der Waals surface area contributed by atoms with Crippen molar-refractivity contribution in [3.05, 3.63) is 70.4 Å². The van der Waals surface area contributed by atoms with Crippen LogP contribution in [0.15, 0.2) is 54.2 Å². The largest absolute Gasteiger partial charge is 0.372 e. The van der Waals surface area contributed by atoms with Gasteiger partial charge in [0.05, 0.1) is 10.6 Å². The first-order valence-corrected chi connectivity index (χ1v) is 9.01. The summed E-state index contributed by atoms with van der Waals surface area (Å²) in [5, 5.41) is 2.87. The summed E-state index contributed by atoms with van der Waals surface area (Å²) in [6, 6.07) is 14.3. The smallest absolute Gasteiger partial charge is 0.281 e. The molecule has 0 fully saturated rings. The van der Waals surface area contributed by atoms with E-state index in [2.05, 4.69) is 24.1 Å². The van der Waals surface area contributed by atoms with E-state index in [1.807, 2.05) is 29.7 Å². The predicted molar refractivity (Wildman–Crippen MR) is 109 cm³/mol. The minimum Gasteiger partial charge on any atom is -0.372 e. The number of nitrogens with two attached hydrogens (primary N) is 1. The maximum absolute atomic E-state index is 12.4. The highest BCUT2D eigenvalue weighted by Crippen LogP contribution is 2.18. The molecular weight excluding hydrogens is 364 g/mol. The molecule has 0 heterocycles. The van der Waals surface area contributed by atoms with Gasteiger partial charge in [0.15, 0.2) is 0 Å². The van der Waals surface area contributed by atoms with Gasteiger partial charge in [0.1, 0.15) is 5.70 Å². The molecule has 0 bridgehead atoms. The topological polar surface area (TPSA) is 87.5 Å². The lowest BCUT2D eigenvalue weighted by Crippen LogP contribution is -2.38. The van der Waals surface area contributed by atoms with Gasteiger partial charge in [0, 0.05) is 18.8 Å². The third-order valence-electron chi connectivity index (χ3n) is 4.08. The third kappa shape index (κ3) is 5.32. The second-order valence-corrected chi connectivity index (χ2v) is 6.14. The van der Waals surface area contributed by atoms with Crippen LogP contribution in [0.5, 0.6) is 0 Å². The van der Waals surface area contributed by atoms with Gasteiger partial charge in [-0.05, 0) is 49.8 Å². The van der Waals surface area contributed by atoms with E-state index in [4.69, 9.17) is 17.4 Å². The van der Waals surface area contributed by atoms with E-state index in [0.29, 0.717) is 5.02 Å². The first-order valence-electron chi connectivity index (χ1n) is 8.63. The number of nitrogens with one attached hydrogen (secondary N) is 2. The maximum atomic E-state index is 12.4. The maximum Gasteiger partial charge on any atom is 0.281 e. The molecule has 0 saturated carbocycles. The fourth-order valence-electron chi connectivity index (χ4n) is 2.61. The second kappa shape index (κ2) is 9.75. The van der Waals surface area contributed by atoms with Crippen molar-refractivity contribution in [1.29, 1.82) is 0 Å². The summed E-state index contributed by atoms with van der Waals surface area (Å²) >= 11 is 6.04. The minimum absolute atomic E-state index is 0.0259. The zero-order valence-electron chi connectivity index (χ0n) is 15.3. The number of nitrogens with zero attached hydrogens (tertiary/aromatic N) is 1. The number of hydrazine groups is 1. The van der Waals surface area contributed by atoms with Gasteiger partial charge >= 0.3 is 0 Å². The molecule has 2 aromatic rings. The average molecular weight is 387 g/mol. The monoisotopic (exact) mass is 386 g/mol. The van der Waals surface area contributed by atoms with Crippen LogP contribution < -0.4 is 21.5 Å². The number of hydrogen-bond donors (Lipinski definition) is 3. The molecule has 27 heavy (non-hydrogen) atoms. The Labute approximate surface area is 164 Å². The fourth-order valence-corrected chi connectivity index (χ4v) is 2.83. The van der Waals surface area contributed by atoms with Crippen molar-refractivity contribution in [2.45, 2.75) is 13.8 Å². The van der Waals surface area contributed by atoms with Crippen molar-refractivity contribution in [3.8, 4) is 0 Å². The Kier molecular flexibility index (Phi) is 7.40. The van der Waals surface area contributed by atoms with Gasteiger partial charge in [-0.2, -0.15) is 0 Å². The number of benzene rings is 2. The number of rotatable bonds is 7. The number of amides is 2. The van der Waals surface area contributed by atoms with Crippen LogP contribution in [0.2, 0.25) is 5.02 Å². The van der Waals surface area contributed by atoms with Gasteiger partial charge in [-0.15, -0.1) is 0 Å². The summed E-state index contributed by atoms with van der Waals surface area (Å²) < 4.78 is 0. The zero-order valence-corrected chi connectivity index (χ0v) is 16.1. The Balaban J connectivity index is 2.27. The Morgan fingerprint density at radius 1 is 1.07 bits per heavy atom. The summed E-state index contributed by atoms with van der Waals surface area (Å²) in [5.41, 5.74) is 4.18. The van der Waals surface area contributed by atoms with Crippen LogP contribution in [0.1, 0.15) is 29.8 Å². The Morgan fingerprint density at radius 2 is 1.70 bits per heavy atom. The fraction of sp³-hybridized carbons (Fsp3) is 0.200. The van der Waals surface area contributed by atoms with Crippen LogP contribution in [-0.4, -0.2) is 24.9 Å². The summed E-state index contributed by atoms with van der Waals surface area (Å²) in [4.78, 5) is 26.7. The molecular formula is C20H23ClN4O2. The normalized spacial score (nSPS) is 11.0. The Morgan fingerprint density at radius 3 is 2.26 bits per heavy atom. The van der Waals surface area contributed by atoms with E-state index in [1.165, 1.54) is 0 Å². The molecule has 0 saturated heterocycles. The standard InChI is InChI=1S/C20H23ClN4O2/c1-3-25(4-2)15-11-9-14(10-12-15)13-18(20(27)24-22)23-19(26)16-7-5-6-8-17(16)21/h5-13H,3-4,22H2,1-2H3,(H,23,26)(H,24,27)/b18-13+. The van der Waals surface area contributed by atoms with Crippen LogP contribution in [0, 0.1) is 0 Å². The van der Waals surface area contributed by atoms with Gasteiger partial charge in [0.25, 0.3) is 11.8 Å². The van der Waals surface area contributed by atoms with Gasteiger partial charge < -0.3 is 10.2 Å². The van der Waals surface area contributed by atoms with Crippen molar-refractivity contribution in [2.75, 3.05) is 18.0 Å². The molecule has 0 radical (unpaired) electrons. The average Bonchev–Trinajstić information content (AvgIpc) is 2.69. The quantitative estimate of drug-likeness (QED) is 0.295. The van der Waals surface area contributed by atoms with Crippen molar-refractivity contribution in [1.82, 2.24) is 10.7 Å².